The van der Waals surface area contributed by atoms with Crippen molar-refractivity contribution in [3.05, 3.63) is 144 Å². The van der Waals surface area contributed by atoms with Gasteiger partial charge < -0.3 is 0 Å². The van der Waals surface area contributed by atoms with E-state index in [-0.39, 0.29) is 15.8 Å². The van der Waals surface area contributed by atoms with Crippen LogP contribution in [0.4, 0.5) is 0 Å². The molecule has 2 saturated heterocycles. The van der Waals surface area contributed by atoms with Crippen molar-refractivity contribution in [3.8, 4) is 0 Å². The number of hydrogen-bond acceptors (Lipinski definition) is 0. The van der Waals surface area contributed by atoms with Crippen LogP contribution in [0.2, 0.25) is 0 Å². The molecule has 4 aromatic carbocycles. The zero-order valence-electron chi connectivity index (χ0n) is 21.0. The highest BCUT2D eigenvalue weighted by Gasteiger charge is 2.40. The first-order chi connectivity index (χ1) is 17.9. The summed E-state index contributed by atoms with van der Waals surface area (Å²) in [5, 5.41) is 0. The lowest BCUT2D eigenvalue weighted by Crippen LogP contribution is -2.03. The van der Waals surface area contributed by atoms with Gasteiger partial charge in [-0.3, -0.25) is 0 Å². The Morgan fingerprint density at radius 3 is 1.36 bits per heavy atom. The highest BCUT2D eigenvalue weighted by molar-refractivity contribution is 7.62. The van der Waals surface area contributed by atoms with Gasteiger partial charge in [-0.1, -0.05) is 137 Å². The van der Waals surface area contributed by atoms with Crippen molar-refractivity contribution in [2.75, 3.05) is 18.5 Å². The van der Waals surface area contributed by atoms with Crippen LogP contribution in [-0.4, -0.2) is 18.5 Å². The van der Waals surface area contributed by atoms with Gasteiger partial charge in [-0.05, 0) is 65.9 Å². The first kappa shape index (κ1) is 24.1. The molecule has 0 aromatic heterocycles. The highest BCUT2D eigenvalue weighted by Crippen LogP contribution is 2.72. The normalized spacial score (nSPS) is 26.3. The van der Waals surface area contributed by atoms with Crippen LogP contribution >= 0.6 is 15.8 Å². The second kappa shape index (κ2) is 11.4. The molecule has 6 rings (SSSR count). The van der Waals surface area contributed by atoms with Crippen LogP contribution in [0.3, 0.4) is 0 Å². The monoisotopic (exact) mass is 506 g/mol. The molecule has 2 fully saturated rings. The summed E-state index contributed by atoms with van der Waals surface area (Å²) in [6, 6.07) is 45.7. The van der Waals surface area contributed by atoms with Gasteiger partial charge in [0, 0.05) is 17.0 Å². The average Bonchev–Trinajstić information content (AvgIpc) is 3.58. The van der Waals surface area contributed by atoms with Gasteiger partial charge in [-0.15, -0.1) is 0 Å². The van der Waals surface area contributed by atoms with Crippen LogP contribution in [0.15, 0.2) is 121 Å². The minimum Gasteiger partial charge on any atom is -0.0980 e. The van der Waals surface area contributed by atoms with Crippen LogP contribution < -0.4 is 0 Å². The van der Waals surface area contributed by atoms with Gasteiger partial charge >= 0.3 is 0 Å². The summed E-state index contributed by atoms with van der Waals surface area (Å²) < 4.78 is 0. The predicted molar refractivity (Wildman–Crippen MR) is 159 cm³/mol. The van der Waals surface area contributed by atoms with Crippen LogP contribution in [0.1, 0.15) is 64.4 Å². The quantitative estimate of drug-likeness (QED) is 0.219. The largest absolute Gasteiger partial charge is 0.0980 e. The molecule has 36 heavy (non-hydrogen) atoms. The number of benzene rings is 4. The van der Waals surface area contributed by atoms with E-state index in [1.165, 1.54) is 37.7 Å². The Balaban J connectivity index is 1.26. The van der Waals surface area contributed by atoms with Crippen molar-refractivity contribution < 1.29 is 0 Å². The highest BCUT2D eigenvalue weighted by atomic mass is 31.1. The summed E-state index contributed by atoms with van der Waals surface area (Å²) in [5.41, 5.74) is 8.56. The number of rotatable bonds is 7. The molecule has 0 bridgehead atoms. The van der Waals surface area contributed by atoms with Crippen LogP contribution in [0, 0.1) is 0 Å². The molecule has 1 unspecified atom stereocenters. The molecule has 2 aliphatic heterocycles. The first-order valence-electron chi connectivity index (χ1n) is 13.6. The molecule has 2 aliphatic rings. The Morgan fingerprint density at radius 2 is 0.889 bits per heavy atom. The Labute approximate surface area is 219 Å². The van der Waals surface area contributed by atoms with Gasteiger partial charge in [0.15, 0.2) is 0 Å². The molecule has 0 radical (unpaired) electrons. The molecular formula is C34H36P2. The van der Waals surface area contributed by atoms with Crippen molar-refractivity contribution in [2.45, 2.75) is 42.2 Å². The lowest BCUT2D eigenvalue weighted by Gasteiger charge is -2.29. The van der Waals surface area contributed by atoms with E-state index in [9.17, 15) is 0 Å². The van der Waals surface area contributed by atoms with E-state index in [1.807, 2.05) is 0 Å². The molecule has 5 atom stereocenters. The molecule has 0 amide bonds. The molecule has 0 aliphatic carbocycles. The maximum Gasteiger partial charge on any atom is 0.00480 e. The van der Waals surface area contributed by atoms with Crippen molar-refractivity contribution in [3.63, 3.8) is 0 Å². The maximum absolute atomic E-state index is 2.40. The summed E-state index contributed by atoms with van der Waals surface area (Å²) in [4.78, 5) is 0. The molecule has 2 heteroatoms. The van der Waals surface area contributed by atoms with Gasteiger partial charge in [-0.2, -0.15) is 0 Å². The first-order valence-corrected chi connectivity index (χ1v) is 17.0. The lowest BCUT2D eigenvalue weighted by atomic mass is 9.94. The maximum atomic E-state index is 2.40. The van der Waals surface area contributed by atoms with E-state index in [0.717, 1.165) is 17.0 Å². The van der Waals surface area contributed by atoms with E-state index in [2.05, 4.69) is 121 Å². The third-order valence-corrected chi connectivity index (χ3v) is 15.3. The molecular weight excluding hydrogens is 470 g/mol. The zero-order valence-corrected chi connectivity index (χ0v) is 22.8. The molecule has 0 nitrogen and oxygen atoms in total. The Morgan fingerprint density at radius 1 is 0.472 bits per heavy atom. The Bertz CT molecular complexity index is 1160. The Hall–Kier alpha value is -2.26. The SMILES string of the molecule is c1ccc([C@H]2C[C@H](c3ccccc3)P(CCP3[C@@H](c4ccccc4)CC[C@@H]3c3ccccc3)C2)cc1. The van der Waals surface area contributed by atoms with Gasteiger partial charge in [0.2, 0.25) is 0 Å². The molecule has 0 spiro atoms. The molecule has 2 heterocycles. The van der Waals surface area contributed by atoms with Gasteiger partial charge in [0.1, 0.15) is 0 Å². The molecule has 182 valence electrons. The third kappa shape index (κ3) is 5.23. The summed E-state index contributed by atoms with van der Waals surface area (Å²) in [6.45, 7) is 0. The van der Waals surface area contributed by atoms with E-state index in [0.29, 0.717) is 5.92 Å². The second-order valence-corrected chi connectivity index (χ2v) is 15.8. The van der Waals surface area contributed by atoms with Crippen molar-refractivity contribution in [2.24, 2.45) is 0 Å². The van der Waals surface area contributed by atoms with Crippen LogP contribution in [0.25, 0.3) is 0 Å². The average molecular weight is 507 g/mol. The van der Waals surface area contributed by atoms with Crippen LogP contribution in [-0.2, 0) is 0 Å². The fraction of sp³-hybridized carbons (Fsp3) is 0.294. The van der Waals surface area contributed by atoms with Crippen molar-refractivity contribution in [1.29, 1.82) is 0 Å². The fourth-order valence-corrected chi connectivity index (χ4v) is 14.5. The van der Waals surface area contributed by atoms with Gasteiger partial charge in [0.05, 0.1) is 0 Å². The van der Waals surface area contributed by atoms with Crippen LogP contribution in [0.5, 0.6) is 0 Å². The van der Waals surface area contributed by atoms with E-state index in [4.69, 9.17) is 0 Å². The minimum atomic E-state index is -0.0810. The van der Waals surface area contributed by atoms with E-state index >= 15 is 0 Å². The summed E-state index contributed by atoms with van der Waals surface area (Å²) in [6.07, 6.45) is 8.27. The lowest BCUT2D eigenvalue weighted by molar-refractivity contribution is 0.714. The smallest absolute Gasteiger partial charge is 0.00480 e. The molecule has 0 saturated carbocycles. The van der Waals surface area contributed by atoms with Crippen molar-refractivity contribution in [1.82, 2.24) is 0 Å². The van der Waals surface area contributed by atoms with Gasteiger partial charge in [0.25, 0.3) is 0 Å². The topological polar surface area (TPSA) is 0 Å². The van der Waals surface area contributed by atoms with Crippen molar-refractivity contribution >= 4 is 15.8 Å². The summed E-state index contributed by atoms with van der Waals surface area (Å²) in [5.74, 6) is 0.716. The zero-order chi connectivity index (χ0) is 24.2. The second-order valence-electron chi connectivity index (χ2n) is 10.4. The van der Waals surface area contributed by atoms with E-state index in [1.54, 1.807) is 22.3 Å². The standard InChI is InChI=1S/C34H36P2/c1-5-13-27(14-6-1)31-25-34(30-19-11-4-12-20-30)35(26-31)23-24-36-32(28-15-7-2-8-16-28)21-22-33(36)29-17-9-3-10-18-29/h1-20,31-34H,21-26H2/t31-,32+,33+,34+,35?/m0/s1. The molecule has 0 N–H and O–H groups in total. The predicted octanol–water partition coefficient (Wildman–Crippen LogP) is 10.2. The fourth-order valence-electron chi connectivity index (χ4n) is 6.63. The Kier molecular flexibility index (Phi) is 7.65. The van der Waals surface area contributed by atoms with Gasteiger partial charge in [-0.25, -0.2) is 0 Å². The van der Waals surface area contributed by atoms with E-state index < -0.39 is 0 Å². The molecule has 4 aromatic rings. The number of hydrogen-bond donors (Lipinski definition) is 0. The minimum absolute atomic E-state index is 0.0236. The third-order valence-electron chi connectivity index (χ3n) is 8.39. The summed E-state index contributed by atoms with van der Waals surface area (Å²) >= 11 is 0. The summed E-state index contributed by atoms with van der Waals surface area (Å²) in [7, 11) is -0.105.